The number of nitrogens with two attached hydrogens (primary N) is 1. The van der Waals surface area contributed by atoms with Crippen molar-refractivity contribution in [2.45, 2.75) is 42.4 Å². The van der Waals surface area contributed by atoms with Gasteiger partial charge in [0.05, 0.1) is 5.69 Å². The van der Waals surface area contributed by atoms with Crippen molar-refractivity contribution in [1.82, 2.24) is 15.1 Å². The number of hydrogen-bond acceptors (Lipinski definition) is 7. The molecular weight excluding hydrogens is 474 g/mol. The summed E-state index contributed by atoms with van der Waals surface area (Å²) in [6.07, 6.45) is 0.684. The summed E-state index contributed by atoms with van der Waals surface area (Å²) in [7, 11) is 0. The Balaban J connectivity index is 1.34. The monoisotopic (exact) mass is 501 g/mol. The fourth-order valence-electron chi connectivity index (χ4n) is 4.88. The highest BCUT2D eigenvalue weighted by Crippen LogP contribution is 2.50. The maximum Gasteiger partial charge on any atom is 0.410 e. The summed E-state index contributed by atoms with van der Waals surface area (Å²) in [5, 5.41) is 17.5. The second-order valence-electron chi connectivity index (χ2n) is 9.05. The first kappa shape index (κ1) is 23.8. The molecule has 2 aliphatic heterocycles. The SMILES string of the molecule is Cc1ccc(SCc2[nH]nc3c2C2(CCN(C(=O)OCc4ccccc4)CC2)C(C#N)=C(N)O3)cc1. The number of aromatic nitrogens is 2. The molecule has 9 heteroatoms. The van der Waals surface area contributed by atoms with Crippen LogP contribution in [0.2, 0.25) is 0 Å². The lowest BCUT2D eigenvalue weighted by Crippen LogP contribution is -2.48. The van der Waals surface area contributed by atoms with Crippen LogP contribution in [0, 0.1) is 18.3 Å². The van der Waals surface area contributed by atoms with E-state index in [0.29, 0.717) is 43.1 Å². The fourth-order valence-corrected chi connectivity index (χ4v) is 5.73. The number of fused-ring (bicyclic) bond motifs is 2. The number of hydrogen-bond donors (Lipinski definition) is 2. The maximum absolute atomic E-state index is 12.8. The molecule has 5 rings (SSSR count). The number of nitrogens with one attached hydrogen (secondary N) is 1. The van der Waals surface area contributed by atoms with Gasteiger partial charge in [0.1, 0.15) is 18.2 Å². The Kier molecular flexibility index (Phi) is 6.61. The Morgan fingerprint density at radius 3 is 2.64 bits per heavy atom. The first-order valence-electron chi connectivity index (χ1n) is 11.8. The Labute approximate surface area is 214 Å². The average Bonchev–Trinajstić information content (AvgIpc) is 3.31. The third kappa shape index (κ3) is 4.52. The van der Waals surface area contributed by atoms with Crippen LogP contribution in [0.5, 0.6) is 5.88 Å². The molecule has 1 spiro atoms. The number of ether oxygens (including phenoxy) is 2. The molecule has 0 atom stereocenters. The van der Waals surface area contributed by atoms with Crippen molar-refractivity contribution >= 4 is 17.9 Å². The summed E-state index contributed by atoms with van der Waals surface area (Å²) in [6, 6.07) is 20.2. The molecule has 1 aromatic heterocycles. The zero-order chi connectivity index (χ0) is 25.1. The summed E-state index contributed by atoms with van der Waals surface area (Å²) in [5.74, 6) is 1.12. The number of piperidine rings is 1. The number of aryl methyl sites for hydroxylation is 1. The molecule has 0 unspecified atom stereocenters. The molecule has 3 heterocycles. The van der Waals surface area contributed by atoms with Crippen molar-refractivity contribution in [3.8, 4) is 11.9 Å². The minimum atomic E-state index is -0.668. The highest BCUT2D eigenvalue weighted by Gasteiger charge is 2.49. The van der Waals surface area contributed by atoms with Gasteiger partial charge in [-0.05, 0) is 37.5 Å². The number of nitriles is 1. The highest BCUT2D eigenvalue weighted by atomic mass is 32.2. The lowest BCUT2D eigenvalue weighted by molar-refractivity contribution is 0.0800. The number of nitrogens with zero attached hydrogens (tertiary/aromatic N) is 3. The van der Waals surface area contributed by atoms with Crippen molar-refractivity contribution < 1.29 is 14.3 Å². The third-order valence-corrected chi connectivity index (χ3v) is 7.85. The molecule has 0 saturated carbocycles. The van der Waals surface area contributed by atoms with Gasteiger partial charge in [-0.3, -0.25) is 5.10 Å². The van der Waals surface area contributed by atoms with E-state index >= 15 is 0 Å². The Hall–Kier alpha value is -3.90. The van der Waals surface area contributed by atoms with Crippen molar-refractivity contribution in [2.75, 3.05) is 13.1 Å². The summed E-state index contributed by atoms with van der Waals surface area (Å²) < 4.78 is 11.3. The van der Waals surface area contributed by atoms with Crippen LogP contribution >= 0.6 is 11.8 Å². The number of thioether (sulfide) groups is 1. The lowest BCUT2D eigenvalue weighted by atomic mass is 9.67. The molecule has 2 aliphatic rings. The molecule has 0 radical (unpaired) electrons. The molecule has 36 heavy (non-hydrogen) atoms. The quantitative estimate of drug-likeness (QED) is 0.484. The zero-order valence-corrected chi connectivity index (χ0v) is 20.8. The second-order valence-corrected chi connectivity index (χ2v) is 10.1. The molecule has 1 amide bonds. The summed E-state index contributed by atoms with van der Waals surface area (Å²) in [4.78, 5) is 15.6. The first-order valence-corrected chi connectivity index (χ1v) is 12.8. The normalized spacial score (nSPS) is 16.3. The number of benzene rings is 2. The van der Waals surface area contributed by atoms with Crippen LogP contribution in [-0.4, -0.2) is 34.3 Å². The van der Waals surface area contributed by atoms with Crippen LogP contribution in [0.4, 0.5) is 4.79 Å². The van der Waals surface area contributed by atoms with E-state index in [0.717, 1.165) is 21.7 Å². The molecule has 1 saturated heterocycles. The molecule has 3 N–H and O–H groups in total. The number of carbonyl (C=O) groups excluding carboxylic acids is 1. The van der Waals surface area contributed by atoms with E-state index < -0.39 is 5.41 Å². The maximum atomic E-state index is 12.8. The second kappa shape index (κ2) is 9.99. The van der Waals surface area contributed by atoms with Gasteiger partial charge in [0.2, 0.25) is 11.8 Å². The number of amides is 1. The van der Waals surface area contributed by atoms with Crippen molar-refractivity contribution in [3.63, 3.8) is 0 Å². The van der Waals surface area contributed by atoms with Crippen molar-refractivity contribution in [1.29, 1.82) is 5.26 Å². The lowest BCUT2D eigenvalue weighted by Gasteiger charge is -2.43. The van der Waals surface area contributed by atoms with E-state index in [1.54, 1.807) is 16.7 Å². The average molecular weight is 502 g/mol. The molecular formula is C27H27N5O3S. The third-order valence-electron chi connectivity index (χ3n) is 6.81. The number of allylic oxidation sites excluding steroid dienone is 1. The van der Waals surface area contributed by atoms with E-state index in [4.69, 9.17) is 15.2 Å². The van der Waals surface area contributed by atoms with E-state index in [-0.39, 0.29) is 18.6 Å². The fraction of sp³-hybridized carbons (Fsp3) is 0.296. The predicted octanol–water partition coefficient (Wildman–Crippen LogP) is 4.77. The largest absolute Gasteiger partial charge is 0.445 e. The van der Waals surface area contributed by atoms with E-state index in [1.807, 2.05) is 30.3 Å². The zero-order valence-electron chi connectivity index (χ0n) is 20.0. The Bertz CT molecular complexity index is 1320. The molecule has 0 aliphatic carbocycles. The Morgan fingerprint density at radius 1 is 1.22 bits per heavy atom. The van der Waals surface area contributed by atoms with Gasteiger partial charge < -0.3 is 20.1 Å². The minimum Gasteiger partial charge on any atom is -0.445 e. The number of rotatable bonds is 5. The van der Waals surface area contributed by atoms with Gasteiger partial charge >= 0.3 is 6.09 Å². The Morgan fingerprint density at radius 2 is 1.94 bits per heavy atom. The van der Waals surface area contributed by atoms with Crippen LogP contribution in [0.3, 0.4) is 0 Å². The molecule has 3 aromatic rings. The van der Waals surface area contributed by atoms with Gasteiger partial charge in [-0.25, -0.2) is 4.79 Å². The molecule has 8 nitrogen and oxygen atoms in total. The number of H-pyrrole nitrogens is 1. The standard InChI is InChI=1S/C27H27N5O3S/c1-18-7-9-20(10-8-18)36-17-22-23-25(31-30-22)35-24(29)21(15-28)27(23)11-13-32(14-12-27)26(33)34-16-19-5-3-2-4-6-19/h2-10H,11-14,16-17,29H2,1H3,(H,30,31). The van der Waals surface area contributed by atoms with Gasteiger partial charge in [-0.15, -0.1) is 16.9 Å². The van der Waals surface area contributed by atoms with Crippen molar-refractivity contribution in [3.05, 3.63) is 88.4 Å². The number of carbonyl (C=O) groups is 1. The van der Waals surface area contributed by atoms with Crippen LogP contribution in [-0.2, 0) is 22.5 Å². The molecule has 1 fully saturated rings. The van der Waals surface area contributed by atoms with Crippen LogP contribution in [0.25, 0.3) is 0 Å². The number of aromatic amines is 1. The first-order chi connectivity index (χ1) is 17.5. The minimum absolute atomic E-state index is 0.0781. The molecule has 2 aromatic carbocycles. The topological polar surface area (TPSA) is 117 Å². The van der Waals surface area contributed by atoms with E-state index in [9.17, 15) is 10.1 Å². The van der Waals surface area contributed by atoms with E-state index in [1.165, 1.54) is 5.56 Å². The summed E-state index contributed by atoms with van der Waals surface area (Å²) in [5.41, 5.74) is 9.81. The van der Waals surface area contributed by atoms with Gasteiger partial charge in [0, 0.05) is 34.7 Å². The van der Waals surface area contributed by atoms with Crippen LogP contribution < -0.4 is 10.5 Å². The molecule has 184 valence electrons. The highest BCUT2D eigenvalue weighted by molar-refractivity contribution is 7.98. The van der Waals surface area contributed by atoms with Gasteiger partial charge in [-0.1, -0.05) is 48.0 Å². The number of likely N-dealkylation sites (tertiary alicyclic amines) is 1. The van der Waals surface area contributed by atoms with Gasteiger partial charge in [-0.2, -0.15) is 5.26 Å². The summed E-state index contributed by atoms with van der Waals surface area (Å²) >= 11 is 1.69. The van der Waals surface area contributed by atoms with Gasteiger partial charge in [0.25, 0.3) is 0 Å². The van der Waals surface area contributed by atoms with Crippen LogP contribution in [0.1, 0.15) is 35.2 Å². The molecule has 0 bridgehead atoms. The summed E-state index contributed by atoms with van der Waals surface area (Å²) in [6.45, 7) is 3.14. The van der Waals surface area contributed by atoms with Crippen LogP contribution in [0.15, 0.2) is 70.9 Å². The van der Waals surface area contributed by atoms with E-state index in [2.05, 4.69) is 47.5 Å². The smallest absolute Gasteiger partial charge is 0.410 e. The van der Waals surface area contributed by atoms with Crippen molar-refractivity contribution in [2.24, 2.45) is 5.73 Å². The van der Waals surface area contributed by atoms with Gasteiger partial charge in [0.15, 0.2) is 0 Å². The predicted molar refractivity (Wildman–Crippen MR) is 136 cm³/mol.